The zero-order valence-electron chi connectivity index (χ0n) is 9.52. The molecule has 2 heteroatoms. The lowest BCUT2D eigenvalue weighted by Crippen LogP contribution is -2.30. The number of benzene rings is 1. The summed E-state index contributed by atoms with van der Waals surface area (Å²) >= 11 is 0. The van der Waals surface area contributed by atoms with Crippen LogP contribution in [0.3, 0.4) is 0 Å². The Morgan fingerprint density at radius 3 is 2.13 bits per heavy atom. The van der Waals surface area contributed by atoms with Gasteiger partial charge in [0.1, 0.15) is 6.17 Å². The van der Waals surface area contributed by atoms with Crippen molar-refractivity contribution >= 4 is 0 Å². The van der Waals surface area contributed by atoms with Crippen LogP contribution in [0.4, 0.5) is 4.39 Å². The van der Waals surface area contributed by atoms with Crippen LogP contribution in [0.1, 0.15) is 25.3 Å². The Balaban J connectivity index is 2.30. The average molecular weight is 207 g/mol. The number of likely N-dealkylation sites (N-methyl/N-ethyl adjacent to an activating group) is 1. The summed E-state index contributed by atoms with van der Waals surface area (Å²) in [5, 5.41) is 0. The second-order valence-electron chi connectivity index (χ2n) is 4.53. The largest absolute Gasteiger partial charge is 0.297 e. The number of nitrogens with zero attached hydrogens (tertiary/aromatic N) is 1. The van der Waals surface area contributed by atoms with Crippen LogP contribution in [-0.2, 0) is 0 Å². The summed E-state index contributed by atoms with van der Waals surface area (Å²) < 4.78 is 14.1. The van der Waals surface area contributed by atoms with E-state index < -0.39 is 6.17 Å². The van der Waals surface area contributed by atoms with Gasteiger partial charge in [-0.2, -0.15) is 0 Å². The maximum Gasteiger partial charge on any atom is 0.124 e. The van der Waals surface area contributed by atoms with Crippen molar-refractivity contribution in [2.24, 2.45) is 0 Å². The normalized spacial score (nSPS) is 37.1. The molecule has 2 rings (SSSR count). The first kappa shape index (κ1) is 10.6. The summed E-state index contributed by atoms with van der Waals surface area (Å²) in [5.41, 5.74) is 1.12. The highest BCUT2D eigenvalue weighted by atomic mass is 19.1. The van der Waals surface area contributed by atoms with Gasteiger partial charge in [0.15, 0.2) is 0 Å². The fourth-order valence-corrected chi connectivity index (χ4v) is 2.55. The summed E-state index contributed by atoms with van der Waals surface area (Å²) in [6, 6.07) is 10.3. The lowest BCUT2D eigenvalue weighted by Gasteiger charge is -2.21. The van der Waals surface area contributed by atoms with Gasteiger partial charge < -0.3 is 0 Å². The molecule has 0 amide bonds. The SMILES string of the molecule is C[C@H]1[C@H](F)[C@@H](c2ccccc2)[C@H](C)N1C. The third-order valence-electron chi connectivity index (χ3n) is 3.79. The maximum atomic E-state index is 14.1. The highest BCUT2D eigenvalue weighted by Gasteiger charge is 2.43. The number of alkyl halides is 1. The number of hydrogen-bond acceptors (Lipinski definition) is 1. The minimum absolute atomic E-state index is 0.0187. The molecule has 15 heavy (non-hydrogen) atoms. The van der Waals surface area contributed by atoms with Gasteiger partial charge in [-0.1, -0.05) is 30.3 Å². The third-order valence-corrected chi connectivity index (χ3v) is 3.79. The summed E-state index contributed by atoms with van der Waals surface area (Å²) in [7, 11) is 2.00. The van der Waals surface area contributed by atoms with Crippen molar-refractivity contribution in [3.8, 4) is 0 Å². The lowest BCUT2D eigenvalue weighted by atomic mass is 9.90. The molecule has 1 fully saturated rings. The van der Waals surface area contributed by atoms with Crippen LogP contribution in [0.15, 0.2) is 30.3 Å². The molecule has 0 N–H and O–H groups in total. The van der Waals surface area contributed by atoms with Gasteiger partial charge in [-0.25, -0.2) is 4.39 Å². The van der Waals surface area contributed by atoms with Crippen LogP contribution in [0, 0.1) is 0 Å². The van der Waals surface area contributed by atoms with E-state index in [-0.39, 0.29) is 18.0 Å². The van der Waals surface area contributed by atoms with E-state index in [0.29, 0.717) is 0 Å². The molecule has 0 radical (unpaired) electrons. The van der Waals surface area contributed by atoms with Crippen LogP contribution in [0.5, 0.6) is 0 Å². The van der Waals surface area contributed by atoms with Gasteiger partial charge in [0.05, 0.1) is 0 Å². The predicted octanol–water partition coefficient (Wildman–Crippen LogP) is 2.83. The van der Waals surface area contributed by atoms with E-state index in [4.69, 9.17) is 0 Å². The topological polar surface area (TPSA) is 3.24 Å². The molecule has 4 atom stereocenters. The Kier molecular flexibility index (Phi) is 2.79. The van der Waals surface area contributed by atoms with Gasteiger partial charge in [-0.15, -0.1) is 0 Å². The standard InChI is InChI=1S/C13H18FN/c1-9-12(11-7-5-4-6-8-11)13(14)10(2)15(9)3/h4-10,12-13H,1-3H3/t9-,10-,12+,13-/m0/s1. The summed E-state index contributed by atoms with van der Waals surface area (Å²) in [6.45, 7) is 4.07. The predicted molar refractivity (Wildman–Crippen MR) is 60.8 cm³/mol. The molecule has 0 spiro atoms. The molecule has 1 aliphatic rings. The minimum Gasteiger partial charge on any atom is -0.297 e. The van der Waals surface area contributed by atoms with Crippen molar-refractivity contribution in [3.05, 3.63) is 35.9 Å². The first-order valence-electron chi connectivity index (χ1n) is 5.54. The van der Waals surface area contributed by atoms with Gasteiger partial charge in [0, 0.05) is 18.0 Å². The van der Waals surface area contributed by atoms with E-state index in [1.807, 2.05) is 44.3 Å². The number of halogens is 1. The van der Waals surface area contributed by atoms with Gasteiger partial charge in [0.2, 0.25) is 0 Å². The monoisotopic (exact) mass is 207 g/mol. The van der Waals surface area contributed by atoms with Gasteiger partial charge >= 0.3 is 0 Å². The molecule has 1 saturated heterocycles. The Morgan fingerprint density at radius 2 is 1.67 bits per heavy atom. The van der Waals surface area contributed by atoms with Crippen molar-refractivity contribution in [3.63, 3.8) is 0 Å². The Labute approximate surface area is 90.9 Å². The first-order valence-corrected chi connectivity index (χ1v) is 5.54. The third kappa shape index (κ3) is 1.67. The summed E-state index contributed by atoms with van der Waals surface area (Å²) in [5.74, 6) is 0.0196. The van der Waals surface area contributed by atoms with E-state index in [1.165, 1.54) is 0 Å². The fraction of sp³-hybridized carbons (Fsp3) is 0.538. The Morgan fingerprint density at radius 1 is 1.07 bits per heavy atom. The lowest BCUT2D eigenvalue weighted by molar-refractivity contribution is 0.219. The second-order valence-corrected chi connectivity index (χ2v) is 4.53. The van der Waals surface area contributed by atoms with Crippen molar-refractivity contribution in [1.29, 1.82) is 0 Å². The van der Waals surface area contributed by atoms with Crippen molar-refractivity contribution in [1.82, 2.24) is 4.90 Å². The van der Waals surface area contributed by atoms with E-state index in [2.05, 4.69) is 11.8 Å². The zero-order chi connectivity index (χ0) is 11.0. The van der Waals surface area contributed by atoms with Crippen LogP contribution in [0.2, 0.25) is 0 Å². The van der Waals surface area contributed by atoms with Crippen LogP contribution < -0.4 is 0 Å². The highest BCUT2D eigenvalue weighted by molar-refractivity contribution is 5.25. The molecule has 0 saturated carbocycles. The van der Waals surface area contributed by atoms with Gasteiger partial charge in [0.25, 0.3) is 0 Å². The van der Waals surface area contributed by atoms with Crippen molar-refractivity contribution in [2.75, 3.05) is 7.05 Å². The molecule has 0 aromatic heterocycles. The molecule has 0 bridgehead atoms. The molecular formula is C13H18FN. The molecule has 1 aromatic carbocycles. The molecule has 1 heterocycles. The maximum absolute atomic E-state index is 14.1. The first-order chi connectivity index (χ1) is 7.13. The van der Waals surface area contributed by atoms with Gasteiger partial charge in [-0.05, 0) is 26.5 Å². The van der Waals surface area contributed by atoms with E-state index in [0.717, 1.165) is 5.56 Å². The Bertz CT molecular complexity index is 311. The van der Waals surface area contributed by atoms with E-state index in [1.54, 1.807) is 0 Å². The number of rotatable bonds is 1. The highest BCUT2D eigenvalue weighted by Crippen LogP contribution is 2.38. The molecule has 0 aliphatic carbocycles. The molecule has 0 unspecified atom stereocenters. The van der Waals surface area contributed by atoms with Crippen LogP contribution >= 0.6 is 0 Å². The number of hydrogen-bond donors (Lipinski definition) is 0. The van der Waals surface area contributed by atoms with Gasteiger partial charge in [-0.3, -0.25) is 4.90 Å². The number of likely N-dealkylation sites (tertiary alicyclic amines) is 1. The molecular weight excluding hydrogens is 189 g/mol. The molecule has 1 nitrogen and oxygen atoms in total. The summed E-state index contributed by atoms with van der Waals surface area (Å²) in [4.78, 5) is 2.13. The van der Waals surface area contributed by atoms with Crippen molar-refractivity contribution < 1.29 is 4.39 Å². The Hall–Kier alpha value is -0.890. The average Bonchev–Trinajstić information content (AvgIpc) is 2.45. The fourth-order valence-electron chi connectivity index (χ4n) is 2.55. The van der Waals surface area contributed by atoms with E-state index in [9.17, 15) is 4.39 Å². The molecule has 1 aromatic rings. The zero-order valence-corrected chi connectivity index (χ0v) is 9.52. The van der Waals surface area contributed by atoms with Crippen LogP contribution in [0.25, 0.3) is 0 Å². The van der Waals surface area contributed by atoms with Crippen molar-refractivity contribution in [2.45, 2.75) is 38.0 Å². The second kappa shape index (κ2) is 3.93. The minimum atomic E-state index is -0.757. The molecule has 82 valence electrons. The smallest absolute Gasteiger partial charge is 0.124 e. The summed E-state index contributed by atoms with van der Waals surface area (Å²) in [6.07, 6.45) is -0.757. The molecule has 1 aliphatic heterocycles. The van der Waals surface area contributed by atoms with E-state index >= 15 is 0 Å². The quantitative estimate of drug-likeness (QED) is 0.684. The van der Waals surface area contributed by atoms with Crippen LogP contribution in [-0.4, -0.2) is 30.2 Å².